The SMILES string of the molecule is CCC(COC)NC(=O)Nc1cccc(C)c1C(=O)O. The number of methoxy groups -OCH3 is 1. The summed E-state index contributed by atoms with van der Waals surface area (Å²) in [6.07, 6.45) is 0.723. The fraction of sp³-hybridized carbons (Fsp3) is 0.429. The molecule has 0 heterocycles. The Morgan fingerprint density at radius 1 is 1.40 bits per heavy atom. The first-order valence-electron chi connectivity index (χ1n) is 6.39. The van der Waals surface area contributed by atoms with Gasteiger partial charge in [-0.3, -0.25) is 0 Å². The first-order valence-corrected chi connectivity index (χ1v) is 6.39. The average Bonchev–Trinajstić information content (AvgIpc) is 2.37. The van der Waals surface area contributed by atoms with Gasteiger partial charge in [-0.05, 0) is 25.0 Å². The highest BCUT2D eigenvalue weighted by Crippen LogP contribution is 2.19. The number of amides is 2. The number of hydrogen-bond donors (Lipinski definition) is 3. The Bertz CT molecular complexity index is 488. The number of aromatic carboxylic acids is 1. The van der Waals surface area contributed by atoms with E-state index >= 15 is 0 Å². The van der Waals surface area contributed by atoms with Crippen LogP contribution in [0.1, 0.15) is 29.3 Å². The van der Waals surface area contributed by atoms with Crippen molar-refractivity contribution in [2.75, 3.05) is 19.0 Å². The van der Waals surface area contributed by atoms with E-state index in [1.165, 1.54) is 0 Å². The van der Waals surface area contributed by atoms with E-state index in [1.807, 2.05) is 6.92 Å². The summed E-state index contributed by atoms with van der Waals surface area (Å²) in [6, 6.07) is 4.39. The Labute approximate surface area is 118 Å². The van der Waals surface area contributed by atoms with Crippen molar-refractivity contribution in [1.29, 1.82) is 0 Å². The van der Waals surface area contributed by atoms with Crippen molar-refractivity contribution in [3.63, 3.8) is 0 Å². The van der Waals surface area contributed by atoms with Crippen LogP contribution in [0.5, 0.6) is 0 Å². The third-order valence-electron chi connectivity index (χ3n) is 2.93. The van der Waals surface area contributed by atoms with Crippen LogP contribution in [0.2, 0.25) is 0 Å². The van der Waals surface area contributed by atoms with E-state index in [0.717, 1.165) is 6.42 Å². The lowest BCUT2D eigenvalue weighted by atomic mass is 10.1. The zero-order valence-corrected chi connectivity index (χ0v) is 11.9. The Morgan fingerprint density at radius 3 is 2.65 bits per heavy atom. The minimum absolute atomic E-state index is 0.0995. The topological polar surface area (TPSA) is 87.7 Å². The minimum atomic E-state index is -1.07. The molecule has 1 atom stereocenters. The van der Waals surface area contributed by atoms with Gasteiger partial charge in [-0.1, -0.05) is 19.1 Å². The molecule has 0 aromatic heterocycles. The molecule has 1 unspecified atom stereocenters. The standard InChI is InChI=1S/C14H20N2O4/c1-4-10(8-20-3)15-14(19)16-11-7-5-6-9(2)12(11)13(17)18/h5-7,10H,4,8H2,1-3H3,(H,17,18)(H2,15,16,19). The number of carbonyl (C=O) groups is 2. The van der Waals surface area contributed by atoms with Gasteiger partial charge in [0, 0.05) is 7.11 Å². The highest BCUT2D eigenvalue weighted by molar-refractivity contribution is 6.01. The van der Waals surface area contributed by atoms with Gasteiger partial charge in [-0.2, -0.15) is 0 Å². The van der Waals surface area contributed by atoms with Crippen LogP contribution in [0.25, 0.3) is 0 Å². The molecule has 0 aliphatic carbocycles. The molecular formula is C14H20N2O4. The first-order chi connectivity index (χ1) is 9.49. The zero-order valence-electron chi connectivity index (χ0n) is 11.9. The maximum Gasteiger partial charge on any atom is 0.338 e. The van der Waals surface area contributed by atoms with Gasteiger partial charge in [0.1, 0.15) is 0 Å². The van der Waals surface area contributed by atoms with Crippen molar-refractivity contribution in [1.82, 2.24) is 5.32 Å². The normalized spacial score (nSPS) is 11.8. The maximum atomic E-state index is 11.9. The molecule has 1 aromatic rings. The van der Waals surface area contributed by atoms with Crippen LogP contribution in [-0.4, -0.2) is 36.9 Å². The number of carboxylic acids is 1. The van der Waals surface area contributed by atoms with Gasteiger partial charge < -0.3 is 20.5 Å². The van der Waals surface area contributed by atoms with E-state index in [4.69, 9.17) is 4.74 Å². The number of urea groups is 1. The number of carboxylic acid groups (broad SMARTS) is 1. The Morgan fingerprint density at radius 2 is 2.10 bits per heavy atom. The summed E-state index contributed by atoms with van der Waals surface area (Å²) < 4.78 is 4.99. The molecule has 0 fully saturated rings. The van der Waals surface area contributed by atoms with E-state index in [9.17, 15) is 14.7 Å². The molecule has 0 aliphatic rings. The molecule has 6 nitrogen and oxygen atoms in total. The van der Waals surface area contributed by atoms with Crippen LogP contribution >= 0.6 is 0 Å². The van der Waals surface area contributed by atoms with E-state index in [2.05, 4.69) is 10.6 Å². The molecule has 0 spiro atoms. The van der Waals surface area contributed by atoms with Crippen LogP contribution in [-0.2, 0) is 4.74 Å². The smallest absolute Gasteiger partial charge is 0.338 e. The molecule has 0 saturated carbocycles. The second kappa shape index (κ2) is 7.49. The second-order valence-electron chi connectivity index (χ2n) is 4.46. The van der Waals surface area contributed by atoms with Crippen LogP contribution in [0.3, 0.4) is 0 Å². The quantitative estimate of drug-likeness (QED) is 0.745. The number of rotatable bonds is 6. The van der Waals surface area contributed by atoms with Crippen molar-refractivity contribution in [2.45, 2.75) is 26.3 Å². The number of nitrogens with one attached hydrogen (secondary N) is 2. The fourth-order valence-corrected chi connectivity index (χ4v) is 1.86. The first kappa shape index (κ1) is 16.0. The summed E-state index contributed by atoms with van der Waals surface area (Å²) in [4.78, 5) is 23.1. The molecule has 0 aliphatic heterocycles. The zero-order chi connectivity index (χ0) is 15.1. The summed E-state index contributed by atoms with van der Waals surface area (Å²) in [5.74, 6) is -1.07. The molecule has 0 saturated heterocycles. The lowest BCUT2D eigenvalue weighted by Crippen LogP contribution is -2.40. The second-order valence-corrected chi connectivity index (χ2v) is 4.46. The predicted molar refractivity (Wildman–Crippen MR) is 76.2 cm³/mol. The Balaban J connectivity index is 2.80. The van der Waals surface area contributed by atoms with Crippen LogP contribution in [0.15, 0.2) is 18.2 Å². The number of carbonyl (C=O) groups excluding carboxylic acids is 1. The van der Waals surface area contributed by atoms with Gasteiger partial charge in [-0.25, -0.2) is 9.59 Å². The third kappa shape index (κ3) is 4.24. The molecule has 0 bridgehead atoms. The largest absolute Gasteiger partial charge is 0.478 e. The van der Waals surface area contributed by atoms with Crippen molar-refractivity contribution < 1.29 is 19.4 Å². The lowest BCUT2D eigenvalue weighted by molar-refractivity contribution is 0.0697. The minimum Gasteiger partial charge on any atom is -0.478 e. The van der Waals surface area contributed by atoms with E-state index in [1.54, 1.807) is 32.2 Å². The predicted octanol–water partition coefficient (Wildman–Crippen LogP) is 2.24. The number of aryl methyl sites for hydroxylation is 1. The molecule has 6 heteroatoms. The lowest BCUT2D eigenvalue weighted by Gasteiger charge is -2.17. The Kier molecular flexibility index (Phi) is 5.99. The maximum absolute atomic E-state index is 11.9. The molecule has 20 heavy (non-hydrogen) atoms. The van der Waals surface area contributed by atoms with Crippen LogP contribution < -0.4 is 10.6 Å². The summed E-state index contributed by atoms with van der Waals surface area (Å²) in [6.45, 7) is 4.02. The summed E-state index contributed by atoms with van der Waals surface area (Å²) in [5.41, 5.74) is 0.976. The summed E-state index contributed by atoms with van der Waals surface area (Å²) >= 11 is 0. The fourth-order valence-electron chi connectivity index (χ4n) is 1.86. The molecule has 110 valence electrons. The number of ether oxygens (including phenoxy) is 1. The van der Waals surface area contributed by atoms with Gasteiger partial charge in [0.15, 0.2) is 0 Å². The van der Waals surface area contributed by atoms with E-state index < -0.39 is 12.0 Å². The van der Waals surface area contributed by atoms with Crippen molar-refractivity contribution in [3.8, 4) is 0 Å². The van der Waals surface area contributed by atoms with E-state index in [0.29, 0.717) is 12.2 Å². The number of anilines is 1. The van der Waals surface area contributed by atoms with Crippen LogP contribution in [0.4, 0.5) is 10.5 Å². The van der Waals surface area contributed by atoms with Gasteiger partial charge in [0.2, 0.25) is 0 Å². The average molecular weight is 280 g/mol. The van der Waals surface area contributed by atoms with Gasteiger partial charge in [-0.15, -0.1) is 0 Å². The molecule has 3 N–H and O–H groups in total. The summed E-state index contributed by atoms with van der Waals surface area (Å²) in [7, 11) is 1.56. The molecule has 2 amide bonds. The highest BCUT2D eigenvalue weighted by atomic mass is 16.5. The monoisotopic (exact) mass is 280 g/mol. The summed E-state index contributed by atoms with van der Waals surface area (Å²) in [5, 5.41) is 14.5. The van der Waals surface area contributed by atoms with Crippen LogP contribution in [0, 0.1) is 6.92 Å². The van der Waals surface area contributed by atoms with E-state index in [-0.39, 0.29) is 17.3 Å². The Hall–Kier alpha value is -2.08. The third-order valence-corrected chi connectivity index (χ3v) is 2.93. The molecule has 1 rings (SSSR count). The van der Waals surface area contributed by atoms with Gasteiger partial charge in [0.05, 0.1) is 23.9 Å². The van der Waals surface area contributed by atoms with Crippen molar-refractivity contribution in [3.05, 3.63) is 29.3 Å². The van der Waals surface area contributed by atoms with Gasteiger partial charge >= 0.3 is 12.0 Å². The molecule has 1 aromatic carbocycles. The highest BCUT2D eigenvalue weighted by Gasteiger charge is 2.16. The number of benzene rings is 1. The van der Waals surface area contributed by atoms with Gasteiger partial charge in [0.25, 0.3) is 0 Å². The molecular weight excluding hydrogens is 260 g/mol. The number of hydrogen-bond acceptors (Lipinski definition) is 3. The van der Waals surface area contributed by atoms with Crippen molar-refractivity contribution in [2.24, 2.45) is 0 Å². The molecule has 0 radical (unpaired) electrons. The van der Waals surface area contributed by atoms with Crippen molar-refractivity contribution >= 4 is 17.7 Å².